The molecule has 0 radical (unpaired) electrons. The van der Waals surface area contributed by atoms with Crippen LogP contribution in [-0.2, 0) is 0 Å². The number of aliphatic hydroxyl groups excluding tert-OH is 1. The smallest absolute Gasteiger partial charge is 0.258 e. The number of aliphatic hydroxyl groups is 1. The van der Waals surface area contributed by atoms with Crippen molar-refractivity contribution in [2.45, 2.75) is 49.8 Å². The number of carbonyl (C=O) groups is 1. The van der Waals surface area contributed by atoms with E-state index < -0.39 is 6.86 Å². The van der Waals surface area contributed by atoms with Crippen molar-refractivity contribution in [3.8, 4) is 5.75 Å². The molecule has 2 aliphatic carbocycles. The van der Waals surface area contributed by atoms with Gasteiger partial charge in [-0.15, -0.1) is 0 Å². The van der Waals surface area contributed by atoms with E-state index in [1.807, 2.05) is 12.1 Å². The van der Waals surface area contributed by atoms with E-state index in [1.54, 1.807) is 12.1 Å². The van der Waals surface area contributed by atoms with Crippen LogP contribution in [0.25, 0.3) is 0 Å². The highest BCUT2D eigenvalue weighted by atomic mass is 32.2. The number of anilines is 3. The minimum Gasteiger partial charge on any atom is -0.459 e. The first-order valence-corrected chi connectivity index (χ1v) is 14.5. The van der Waals surface area contributed by atoms with Gasteiger partial charge < -0.3 is 25.0 Å². The first-order chi connectivity index (χ1) is 18.5. The molecular weight excluding hydrogens is 505 g/mol. The quantitative estimate of drug-likeness (QED) is 0.297. The maximum absolute atomic E-state index is 13.6. The standard InChI is InChI=1S/C28H36FN5O3S/c29-19-37-23-3-4-24(31-25(23)34-15-11-28(18-34)7-8-28)32-26(36)21-2-1-20(38-30-12-16-35)17-22(21)33-13-9-27(5-6-27)10-14-33/h1-4,17,30,35H,5-16,18-19H2,(H,31,32,36). The second-order valence-corrected chi connectivity index (χ2v) is 12.2. The van der Waals surface area contributed by atoms with Gasteiger partial charge in [0.05, 0.1) is 17.9 Å². The van der Waals surface area contributed by atoms with Gasteiger partial charge in [-0.05, 0) is 98.1 Å². The highest BCUT2D eigenvalue weighted by Gasteiger charge is 2.48. The summed E-state index contributed by atoms with van der Waals surface area (Å²) in [6, 6.07) is 9.23. The van der Waals surface area contributed by atoms with Gasteiger partial charge in [-0.25, -0.2) is 9.37 Å². The average Bonchev–Trinajstić information content (AvgIpc) is 3.83. The van der Waals surface area contributed by atoms with E-state index in [0.717, 1.165) is 56.0 Å². The van der Waals surface area contributed by atoms with E-state index in [9.17, 15) is 9.18 Å². The van der Waals surface area contributed by atoms with Crippen LogP contribution >= 0.6 is 11.9 Å². The summed E-state index contributed by atoms with van der Waals surface area (Å²) in [5.41, 5.74) is 2.43. The van der Waals surface area contributed by atoms with Gasteiger partial charge in [-0.3, -0.25) is 9.52 Å². The van der Waals surface area contributed by atoms with Crippen molar-refractivity contribution in [3.05, 3.63) is 35.9 Å². The Balaban J connectivity index is 1.23. The maximum atomic E-state index is 13.6. The van der Waals surface area contributed by atoms with Crippen LogP contribution in [0, 0.1) is 10.8 Å². The third kappa shape index (κ3) is 5.44. The number of hydrogen-bond acceptors (Lipinski definition) is 8. The fourth-order valence-corrected chi connectivity index (χ4v) is 6.56. The lowest BCUT2D eigenvalue weighted by Crippen LogP contribution is -2.35. The molecule has 6 rings (SSSR count). The SMILES string of the molecule is O=C(Nc1ccc(OCF)c(N2CCC3(CC3)C2)n1)c1ccc(SNCCO)cc1N1CCC2(CC1)CC2. The van der Waals surface area contributed by atoms with Crippen LogP contribution in [0.15, 0.2) is 35.2 Å². The van der Waals surface area contributed by atoms with Crippen LogP contribution in [0.1, 0.15) is 55.3 Å². The molecule has 2 spiro atoms. The van der Waals surface area contributed by atoms with Gasteiger partial charge in [-0.2, -0.15) is 0 Å². The van der Waals surface area contributed by atoms with Crippen molar-refractivity contribution >= 4 is 35.2 Å². The van der Waals surface area contributed by atoms with Crippen LogP contribution in [-0.4, -0.2) is 62.2 Å². The Morgan fingerprint density at radius 2 is 1.76 bits per heavy atom. The molecule has 2 saturated carbocycles. The van der Waals surface area contributed by atoms with Gasteiger partial charge in [0.25, 0.3) is 5.91 Å². The lowest BCUT2D eigenvalue weighted by molar-refractivity contribution is 0.102. The zero-order valence-electron chi connectivity index (χ0n) is 21.7. The molecule has 8 nitrogen and oxygen atoms in total. The molecule has 4 aliphatic rings. The third-order valence-electron chi connectivity index (χ3n) is 8.73. The number of nitrogens with one attached hydrogen (secondary N) is 2. The maximum Gasteiger partial charge on any atom is 0.258 e. The fourth-order valence-electron chi connectivity index (χ4n) is 5.89. The van der Waals surface area contributed by atoms with Crippen LogP contribution in [0.2, 0.25) is 0 Å². The van der Waals surface area contributed by atoms with Crippen LogP contribution in [0.3, 0.4) is 0 Å². The minimum atomic E-state index is -0.919. The first kappa shape index (κ1) is 25.7. The number of nitrogens with zero attached hydrogens (tertiary/aromatic N) is 3. The number of aromatic nitrogens is 1. The van der Waals surface area contributed by atoms with E-state index in [0.29, 0.717) is 40.3 Å². The molecule has 4 fully saturated rings. The summed E-state index contributed by atoms with van der Waals surface area (Å²) >= 11 is 1.46. The number of piperidine rings is 1. The third-order valence-corrected chi connectivity index (χ3v) is 9.56. The molecule has 1 aromatic heterocycles. The second-order valence-electron chi connectivity index (χ2n) is 11.3. The van der Waals surface area contributed by atoms with Gasteiger partial charge in [0.2, 0.25) is 6.86 Å². The minimum absolute atomic E-state index is 0.0666. The van der Waals surface area contributed by atoms with Crippen molar-refractivity contribution in [2.24, 2.45) is 10.8 Å². The Bertz CT molecular complexity index is 1180. The van der Waals surface area contributed by atoms with Crippen LogP contribution in [0.5, 0.6) is 5.75 Å². The monoisotopic (exact) mass is 541 g/mol. The summed E-state index contributed by atoms with van der Waals surface area (Å²) in [7, 11) is 0. The Hall–Kier alpha value is -2.56. The van der Waals surface area contributed by atoms with Crippen molar-refractivity contribution in [1.29, 1.82) is 0 Å². The summed E-state index contributed by atoms with van der Waals surface area (Å²) in [5.74, 6) is 1.21. The molecule has 2 aromatic rings. The van der Waals surface area contributed by atoms with Crippen LogP contribution in [0.4, 0.5) is 21.7 Å². The molecular formula is C28H36FN5O3S. The number of pyridine rings is 1. The number of benzene rings is 1. The molecule has 2 aliphatic heterocycles. The normalized spacial score (nSPS) is 20.7. The Labute approximate surface area is 227 Å². The predicted molar refractivity (Wildman–Crippen MR) is 148 cm³/mol. The molecule has 1 amide bonds. The van der Waals surface area contributed by atoms with Gasteiger partial charge >= 0.3 is 0 Å². The fraction of sp³-hybridized carbons (Fsp3) is 0.571. The zero-order valence-corrected chi connectivity index (χ0v) is 22.5. The molecule has 0 bridgehead atoms. The highest BCUT2D eigenvalue weighted by Crippen LogP contribution is 2.55. The van der Waals surface area contributed by atoms with Gasteiger partial charge in [0, 0.05) is 37.6 Å². The summed E-state index contributed by atoms with van der Waals surface area (Å²) in [6.07, 6.45) is 8.52. The lowest BCUT2D eigenvalue weighted by atomic mass is 9.93. The lowest BCUT2D eigenvalue weighted by Gasteiger charge is -2.35. The Morgan fingerprint density at radius 3 is 2.45 bits per heavy atom. The van der Waals surface area contributed by atoms with Crippen molar-refractivity contribution in [1.82, 2.24) is 9.71 Å². The molecule has 3 N–H and O–H groups in total. The molecule has 0 atom stereocenters. The number of alkyl halides is 1. The number of hydrogen-bond donors (Lipinski definition) is 3. The van der Waals surface area contributed by atoms with E-state index in [-0.39, 0.29) is 12.5 Å². The van der Waals surface area contributed by atoms with Crippen LogP contribution < -0.4 is 24.6 Å². The molecule has 2 saturated heterocycles. The molecule has 204 valence electrons. The molecule has 3 heterocycles. The number of ether oxygens (including phenoxy) is 1. The molecule has 0 unspecified atom stereocenters. The van der Waals surface area contributed by atoms with Gasteiger partial charge in [-0.1, -0.05) is 0 Å². The van der Waals surface area contributed by atoms with Crippen molar-refractivity contribution in [2.75, 3.05) is 61.3 Å². The summed E-state index contributed by atoms with van der Waals surface area (Å²) < 4.78 is 21.5. The average molecular weight is 542 g/mol. The number of carbonyl (C=O) groups excluding carboxylic acids is 1. The Morgan fingerprint density at radius 1 is 1.03 bits per heavy atom. The second kappa shape index (κ2) is 10.5. The van der Waals surface area contributed by atoms with E-state index in [2.05, 4.69) is 25.9 Å². The van der Waals surface area contributed by atoms with E-state index in [4.69, 9.17) is 14.8 Å². The summed E-state index contributed by atoms with van der Waals surface area (Å²) in [5, 5.41) is 12.1. The van der Waals surface area contributed by atoms with Gasteiger partial charge in [0.15, 0.2) is 11.6 Å². The predicted octanol–water partition coefficient (Wildman–Crippen LogP) is 4.60. The number of halogens is 1. The van der Waals surface area contributed by atoms with E-state index >= 15 is 0 Å². The topological polar surface area (TPSA) is 90.0 Å². The molecule has 10 heteroatoms. The summed E-state index contributed by atoms with van der Waals surface area (Å²) in [4.78, 5) is 23.8. The van der Waals surface area contributed by atoms with Gasteiger partial charge in [0.1, 0.15) is 5.82 Å². The molecule has 1 aromatic carbocycles. The number of rotatable bonds is 10. The largest absolute Gasteiger partial charge is 0.459 e. The first-order valence-electron chi connectivity index (χ1n) is 13.7. The van der Waals surface area contributed by atoms with Crippen molar-refractivity contribution < 1.29 is 19.0 Å². The zero-order chi connectivity index (χ0) is 26.2. The molecule has 38 heavy (non-hydrogen) atoms. The Kier molecular flexibility index (Phi) is 7.13. The number of amides is 1. The highest BCUT2D eigenvalue weighted by molar-refractivity contribution is 7.97. The van der Waals surface area contributed by atoms with Crippen molar-refractivity contribution in [3.63, 3.8) is 0 Å². The summed E-state index contributed by atoms with van der Waals surface area (Å²) in [6.45, 7) is 3.26. The van der Waals surface area contributed by atoms with E-state index in [1.165, 1.54) is 37.6 Å².